The first kappa shape index (κ1) is 13.3. The fourth-order valence-corrected chi connectivity index (χ4v) is 2.02. The first-order valence-electron chi connectivity index (χ1n) is 6.65. The maximum atomic E-state index is 10.1. The van der Waals surface area contributed by atoms with Gasteiger partial charge < -0.3 is 10.4 Å². The molecular formula is C15H15N5O. The van der Waals surface area contributed by atoms with Gasteiger partial charge in [-0.1, -0.05) is 53.6 Å². The highest BCUT2D eigenvalue weighted by Gasteiger charge is 2.11. The van der Waals surface area contributed by atoms with Crippen molar-refractivity contribution in [3.63, 3.8) is 0 Å². The van der Waals surface area contributed by atoms with E-state index < -0.39 is 6.10 Å². The number of tetrazole rings is 1. The Morgan fingerprint density at radius 1 is 1.00 bits per heavy atom. The number of benzene rings is 2. The number of hydrogen-bond acceptors (Lipinski definition) is 5. The quantitative estimate of drug-likeness (QED) is 0.746. The van der Waals surface area contributed by atoms with Crippen molar-refractivity contribution in [1.29, 1.82) is 0 Å². The normalized spacial score (nSPS) is 12.0. The molecular weight excluding hydrogens is 266 g/mol. The zero-order valence-corrected chi connectivity index (χ0v) is 11.3. The van der Waals surface area contributed by atoms with Crippen LogP contribution < -0.4 is 5.32 Å². The number of hydrogen-bond donors (Lipinski definition) is 2. The van der Waals surface area contributed by atoms with E-state index >= 15 is 0 Å². The number of nitrogens with zero attached hydrogens (tertiary/aromatic N) is 4. The van der Waals surface area contributed by atoms with Gasteiger partial charge in [-0.25, -0.2) is 0 Å². The Morgan fingerprint density at radius 3 is 2.38 bits per heavy atom. The van der Waals surface area contributed by atoms with Gasteiger partial charge in [-0.15, -0.1) is 0 Å². The highest BCUT2D eigenvalue weighted by molar-refractivity contribution is 5.38. The summed E-state index contributed by atoms with van der Waals surface area (Å²) in [5.74, 6) is 0.496. The molecule has 0 aliphatic carbocycles. The zero-order valence-electron chi connectivity index (χ0n) is 11.3. The summed E-state index contributed by atoms with van der Waals surface area (Å²) in [6, 6.07) is 19.1. The second-order valence-electron chi connectivity index (χ2n) is 4.56. The monoisotopic (exact) mass is 281 g/mol. The fourth-order valence-electron chi connectivity index (χ4n) is 2.02. The highest BCUT2D eigenvalue weighted by Crippen LogP contribution is 2.14. The smallest absolute Gasteiger partial charge is 0.247 e. The van der Waals surface area contributed by atoms with Crippen molar-refractivity contribution in [3.05, 3.63) is 66.2 Å². The van der Waals surface area contributed by atoms with Crippen LogP contribution >= 0.6 is 0 Å². The minimum atomic E-state index is -0.618. The molecule has 0 amide bonds. The average molecular weight is 281 g/mol. The number of aromatic nitrogens is 4. The van der Waals surface area contributed by atoms with E-state index in [9.17, 15) is 5.11 Å². The standard InChI is InChI=1S/C15H15N5O/c21-14(12-7-3-1-4-8-12)11-16-15-17-18-19-20(15)13-9-5-2-6-10-13/h1-10,14,21H,11H2,(H,16,17,19)/t14-/m1/s1. The predicted octanol–water partition coefficient (Wildman–Crippen LogP) is 1.81. The lowest BCUT2D eigenvalue weighted by Crippen LogP contribution is -2.15. The first-order valence-corrected chi connectivity index (χ1v) is 6.65. The summed E-state index contributed by atoms with van der Waals surface area (Å²) in [6.45, 7) is 0.331. The van der Waals surface area contributed by atoms with Crippen LogP contribution in [0.3, 0.4) is 0 Å². The first-order chi connectivity index (χ1) is 10.3. The minimum absolute atomic E-state index is 0.331. The maximum absolute atomic E-state index is 10.1. The molecule has 0 saturated heterocycles. The predicted molar refractivity (Wildman–Crippen MR) is 79.0 cm³/mol. The molecule has 0 radical (unpaired) electrons. The van der Waals surface area contributed by atoms with Crippen LogP contribution in [0.4, 0.5) is 5.95 Å². The molecule has 0 aliphatic heterocycles. The van der Waals surface area contributed by atoms with Gasteiger partial charge >= 0.3 is 0 Å². The van der Waals surface area contributed by atoms with Crippen LogP contribution in [0, 0.1) is 0 Å². The van der Waals surface area contributed by atoms with Crippen LogP contribution in [0.2, 0.25) is 0 Å². The van der Waals surface area contributed by atoms with Gasteiger partial charge in [0.25, 0.3) is 0 Å². The van der Waals surface area contributed by atoms with Crippen LogP contribution in [0.15, 0.2) is 60.7 Å². The molecule has 1 aromatic heterocycles. The lowest BCUT2D eigenvalue weighted by atomic mass is 10.1. The molecule has 0 fully saturated rings. The van der Waals surface area contributed by atoms with Gasteiger partial charge in [0, 0.05) is 6.54 Å². The molecule has 21 heavy (non-hydrogen) atoms. The fraction of sp³-hybridized carbons (Fsp3) is 0.133. The van der Waals surface area contributed by atoms with Crippen molar-refractivity contribution in [2.45, 2.75) is 6.10 Å². The van der Waals surface area contributed by atoms with Crippen molar-refractivity contribution >= 4 is 5.95 Å². The molecule has 0 saturated carbocycles. The largest absolute Gasteiger partial charge is 0.387 e. The Bertz CT molecular complexity index is 684. The van der Waals surface area contributed by atoms with Crippen molar-refractivity contribution in [2.24, 2.45) is 0 Å². The number of nitrogens with one attached hydrogen (secondary N) is 1. The Hall–Kier alpha value is -2.73. The van der Waals surface area contributed by atoms with E-state index in [1.807, 2.05) is 60.7 Å². The van der Waals surface area contributed by atoms with E-state index in [1.165, 1.54) is 0 Å². The van der Waals surface area contributed by atoms with Gasteiger partial charge in [-0.3, -0.25) is 0 Å². The zero-order chi connectivity index (χ0) is 14.5. The third-order valence-electron chi connectivity index (χ3n) is 3.11. The topological polar surface area (TPSA) is 75.9 Å². The SMILES string of the molecule is O[C@H](CNc1nnnn1-c1ccccc1)c1ccccc1. The molecule has 3 rings (SSSR count). The van der Waals surface area contributed by atoms with Crippen LogP contribution in [0.5, 0.6) is 0 Å². The summed E-state index contributed by atoms with van der Waals surface area (Å²) in [5.41, 5.74) is 1.71. The van der Waals surface area contributed by atoms with Gasteiger partial charge in [0.1, 0.15) is 0 Å². The molecule has 3 aromatic rings. The maximum Gasteiger partial charge on any atom is 0.247 e. The average Bonchev–Trinajstić information content (AvgIpc) is 3.03. The lowest BCUT2D eigenvalue weighted by Gasteiger charge is -2.12. The third kappa shape index (κ3) is 3.06. The minimum Gasteiger partial charge on any atom is -0.387 e. The molecule has 1 heterocycles. The van der Waals surface area contributed by atoms with E-state index in [0.29, 0.717) is 12.5 Å². The van der Waals surface area contributed by atoms with E-state index in [1.54, 1.807) is 4.68 Å². The Kier molecular flexibility index (Phi) is 3.88. The number of rotatable bonds is 5. The van der Waals surface area contributed by atoms with E-state index in [0.717, 1.165) is 11.3 Å². The molecule has 0 spiro atoms. The van der Waals surface area contributed by atoms with Crippen molar-refractivity contribution < 1.29 is 5.11 Å². The number of para-hydroxylation sites is 1. The van der Waals surface area contributed by atoms with Gasteiger partial charge in [0.15, 0.2) is 0 Å². The molecule has 0 aliphatic rings. The molecule has 6 nitrogen and oxygen atoms in total. The van der Waals surface area contributed by atoms with Crippen molar-refractivity contribution in [1.82, 2.24) is 20.2 Å². The number of aliphatic hydroxyl groups excluding tert-OH is 1. The van der Waals surface area contributed by atoms with Gasteiger partial charge in [0.05, 0.1) is 11.8 Å². The molecule has 2 aromatic carbocycles. The number of anilines is 1. The summed E-state index contributed by atoms with van der Waals surface area (Å²) >= 11 is 0. The van der Waals surface area contributed by atoms with Crippen LogP contribution in [-0.2, 0) is 0 Å². The van der Waals surface area contributed by atoms with Crippen molar-refractivity contribution in [3.8, 4) is 5.69 Å². The van der Waals surface area contributed by atoms with Crippen LogP contribution in [-0.4, -0.2) is 31.9 Å². The molecule has 2 N–H and O–H groups in total. The second-order valence-corrected chi connectivity index (χ2v) is 4.56. The summed E-state index contributed by atoms with van der Waals surface area (Å²) in [5, 5.41) is 24.8. The summed E-state index contributed by atoms with van der Waals surface area (Å²) in [6.07, 6.45) is -0.618. The molecule has 0 bridgehead atoms. The van der Waals surface area contributed by atoms with E-state index in [4.69, 9.17) is 0 Å². The van der Waals surface area contributed by atoms with Gasteiger partial charge in [0.2, 0.25) is 5.95 Å². The molecule has 0 unspecified atom stereocenters. The summed E-state index contributed by atoms with van der Waals surface area (Å²) < 4.78 is 1.59. The second kappa shape index (κ2) is 6.15. The Labute approximate surface area is 122 Å². The molecule has 1 atom stereocenters. The van der Waals surface area contributed by atoms with E-state index in [2.05, 4.69) is 20.8 Å². The Balaban J connectivity index is 1.71. The van der Waals surface area contributed by atoms with Gasteiger partial charge in [-0.05, 0) is 28.1 Å². The van der Waals surface area contributed by atoms with Gasteiger partial charge in [-0.2, -0.15) is 4.68 Å². The highest BCUT2D eigenvalue weighted by atomic mass is 16.3. The molecule has 6 heteroatoms. The summed E-state index contributed by atoms with van der Waals surface area (Å²) in [4.78, 5) is 0. The van der Waals surface area contributed by atoms with E-state index in [-0.39, 0.29) is 0 Å². The third-order valence-corrected chi connectivity index (χ3v) is 3.11. The van der Waals surface area contributed by atoms with Crippen LogP contribution in [0.25, 0.3) is 5.69 Å². The van der Waals surface area contributed by atoms with Crippen molar-refractivity contribution in [2.75, 3.05) is 11.9 Å². The van der Waals surface area contributed by atoms with Crippen LogP contribution in [0.1, 0.15) is 11.7 Å². The molecule has 106 valence electrons. The number of aliphatic hydroxyl groups is 1. The summed E-state index contributed by atoms with van der Waals surface area (Å²) in [7, 11) is 0. The Morgan fingerprint density at radius 2 is 1.67 bits per heavy atom. The lowest BCUT2D eigenvalue weighted by molar-refractivity contribution is 0.191.